The molecule has 21 heavy (non-hydrogen) atoms. The third-order valence-corrected chi connectivity index (χ3v) is 4.60. The number of piperidine rings is 1. The molecule has 0 atom stereocenters. The van der Waals surface area contributed by atoms with Crippen LogP contribution in [0.2, 0.25) is 0 Å². The number of rotatable bonds is 2. The molecule has 2 aromatic rings. The Balaban J connectivity index is 1.95. The smallest absolute Gasteiger partial charge is 0.255 e. The molecule has 1 N–H and O–H groups in total. The van der Waals surface area contributed by atoms with Gasteiger partial charge in [-0.25, -0.2) is 4.39 Å². The second-order valence-electron chi connectivity index (χ2n) is 6.17. The van der Waals surface area contributed by atoms with Gasteiger partial charge in [0.25, 0.3) is 5.56 Å². The zero-order valence-corrected chi connectivity index (χ0v) is 12.5. The van der Waals surface area contributed by atoms with Crippen molar-refractivity contribution in [2.75, 3.05) is 13.1 Å². The lowest BCUT2D eigenvalue weighted by Crippen LogP contribution is -2.37. The zero-order valence-electron chi connectivity index (χ0n) is 12.5. The number of aromatic nitrogens is 1. The van der Waals surface area contributed by atoms with Gasteiger partial charge in [0.2, 0.25) is 0 Å². The van der Waals surface area contributed by atoms with E-state index < -0.39 is 0 Å². The molecule has 0 bridgehead atoms. The predicted octanol–water partition coefficient (Wildman–Crippen LogP) is 3.26. The summed E-state index contributed by atoms with van der Waals surface area (Å²) in [5, 5.41) is 1.35. The summed E-state index contributed by atoms with van der Waals surface area (Å²) in [6, 6.07) is 5.09. The summed E-state index contributed by atoms with van der Waals surface area (Å²) in [6.45, 7) is 6.59. The normalized spacial score (nSPS) is 17.7. The molecule has 0 saturated carbocycles. The number of halogens is 1. The summed E-state index contributed by atoms with van der Waals surface area (Å²) >= 11 is 0. The highest BCUT2D eigenvalue weighted by atomic mass is 19.1. The third kappa shape index (κ3) is 2.72. The quantitative estimate of drug-likeness (QED) is 0.921. The lowest BCUT2D eigenvalue weighted by atomic mass is 9.87. The maximum Gasteiger partial charge on any atom is 0.255 e. The number of likely N-dealkylation sites (tertiary alicyclic amines) is 1. The molecule has 3 nitrogen and oxygen atoms in total. The van der Waals surface area contributed by atoms with E-state index in [1.54, 1.807) is 6.07 Å². The van der Waals surface area contributed by atoms with Gasteiger partial charge in [-0.3, -0.25) is 4.79 Å². The Morgan fingerprint density at radius 1 is 1.24 bits per heavy atom. The van der Waals surface area contributed by atoms with E-state index in [0.717, 1.165) is 36.9 Å². The molecule has 0 unspecified atom stereocenters. The molecule has 0 aliphatic carbocycles. The van der Waals surface area contributed by atoms with Crippen LogP contribution in [-0.2, 0) is 0 Å². The van der Waals surface area contributed by atoms with Gasteiger partial charge in [0.1, 0.15) is 5.82 Å². The number of hydrogen-bond donors (Lipinski definition) is 1. The fraction of sp³-hybridized carbons (Fsp3) is 0.471. The van der Waals surface area contributed by atoms with Crippen LogP contribution in [0.5, 0.6) is 0 Å². The van der Waals surface area contributed by atoms with E-state index in [1.807, 2.05) is 6.20 Å². The van der Waals surface area contributed by atoms with Gasteiger partial charge in [0, 0.05) is 12.2 Å². The SMILES string of the molecule is CC(C)N1CCC(c2c[nH]c(=O)c3cc(F)ccc23)CC1. The number of benzene rings is 1. The second kappa shape index (κ2) is 5.60. The number of fused-ring (bicyclic) bond motifs is 1. The number of aromatic amines is 1. The molecule has 112 valence electrons. The molecule has 1 aliphatic rings. The van der Waals surface area contributed by atoms with Crippen LogP contribution in [0.15, 0.2) is 29.2 Å². The van der Waals surface area contributed by atoms with Gasteiger partial charge >= 0.3 is 0 Å². The standard InChI is InChI=1S/C17H21FN2O/c1-11(2)20-7-5-12(6-8-20)16-10-19-17(21)15-9-13(18)3-4-14(15)16/h3-4,9-12H,5-8H2,1-2H3,(H,19,21). The van der Waals surface area contributed by atoms with E-state index in [-0.39, 0.29) is 11.4 Å². The van der Waals surface area contributed by atoms with E-state index in [4.69, 9.17) is 0 Å². The Labute approximate surface area is 123 Å². The first-order valence-electron chi connectivity index (χ1n) is 7.61. The minimum atomic E-state index is -0.361. The molecule has 0 radical (unpaired) electrons. The highest BCUT2D eigenvalue weighted by Crippen LogP contribution is 2.32. The van der Waals surface area contributed by atoms with Gasteiger partial charge < -0.3 is 9.88 Å². The average molecular weight is 288 g/mol. The van der Waals surface area contributed by atoms with Crippen LogP contribution in [0.25, 0.3) is 10.8 Å². The molecule has 1 aromatic heterocycles. The van der Waals surface area contributed by atoms with E-state index in [0.29, 0.717) is 17.3 Å². The van der Waals surface area contributed by atoms with E-state index in [9.17, 15) is 9.18 Å². The number of pyridine rings is 1. The first kappa shape index (κ1) is 14.3. The van der Waals surface area contributed by atoms with Crippen molar-refractivity contribution in [3.05, 3.63) is 46.1 Å². The van der Waals surface area contributed by atoms with Gasteiger partial charge in [-0.15, -0.1) is 0 Å². The molecule has 1 aliphatic heterocycles. The Morgan fingerprint density at radius 3 is 2.62 bits per heavy atom. The van der Waals surface area contributed by atoms with Crippen LogP contribution in [0.4, 0.5) is 4.39 Å². The number of nitrogens with zero attached hydrogens (tertiary/aromatic N) is 1. The van der Waals surface area contributed by atoms with Crippen LogP contribution in [0.1, 0.15) is 38.2 Å². The minimum Gasteiger partial charge on any atom is -0.328 e. The summed E-state index contributed by atoms with van der Waals surface area (Å²) in [7, 11) is 0. The van der Waals surface area contributed by atoms with E-state index in [1.165, 1.54) is 12.1 Å². The number of H-pyrrole nitrogens is 1. The molecule has 3 rings (SSSR count). The maximum absolute atomic E-state index is 13.4. The monoisotopic (exact) mass is 288 g/mol. The molecule has 0 amide bonds. The second-order valence-corrected chi connectivity index (χ2v) is 6.17. The molecule has 2 heterocycles. The summed E-state index contributed by atoms with van der Waals surface area (Å²) in [4.78, 5) is 17.1. The maximum atomic E-state index is 13.4. The summed E-state index contributed by atoms with van der Waals surface area (Å²) in [5.41, 5.74) is 0.931. The molecule has 1 aromatic carbocycles. The molecular weight excluding hydrogens is 267 g/mol. The topological polar surface area (TPSA) is 36.1 Å². The first-order valence-corrected chi connectivity index (χ1v) is 7.61. The highest BCUT2D eigenvalue weighted by Gasteiger charge is 2.23. The molecular formula is C17H21FN2O. The fourth-order valence-corrected chi connectivity index (χ4v) is 3.32. The van der Waals surface area contributed by atoms with Crippen molar-refractivity contribution in [2.24, 2.45) is 0 Å². The van der Waals surface area contributed by atoms with Crippen LogP contribution in [-0.4, -0.2) is 29.0 Å². The molecule has 4 heteroatoms. The van der Waals surface area contributed by atoms with Crippen LogP contribution in [0.3, 0.4) is 0 Å². The van der Waals surface area contributed by atoms with Crippen LogP contribution >= 0.6 is 0 Å². The largest absolute Gasteiger partial charge is 0.328 e. The van der Waals surface area contributed by atoms with Crippen molar-refractivity contribution in [2.45, 2.75) is 38.6 Å². The molecule has 1 saturated heterocycles. The van der Waals surface area contributed by atoms with Gasteiger partial charge in [-0.05, 0) is 68.8 Å². The Kier molecular flexibility index (Phi) is 3.81. The van der Waals surface area contributed by atoms with Gasteiger partial charge in [0.05, 0.1) is 5.39 Å². The summed E-state index contributed by atoms with van der Waals surface area (Å²) < 4.78 is 13.4. The van der Waals surface area contributed by atoms with Crippen LogP contribution < -0.4 is 5.56 Å². The average Bonchev–Trinajstić information content (AvgIpc) is 2.48. The van der Waals surface area contributed by atoms with Crippen molar-refractivity contribution in [3.8, 4) is 0 Å². The van der Waals surface area contributed by atoms with Crippen LogP contribution in [0, 0.1) is 5.82 Å². The molecule has 0 spiro atoms. The van der Waals surface area contributed by atoms with Gasteiger partial charge in [0.15, 0.2) is 0 Å². The van der Waals surface area contributed by atoms with Gasteiger partial charge in [-0.2, -0.15) is 0 Å². The predicted molar refractivity (Wildman–Crippen MR) is 83.2 cm³/mol. The first-order chi connectivity index (χ1) is 10.1. The van der Waals surface area contributed by atoms with E-state index >= 15 is 0 Å². The van der Waals surface area contributed by atoms with Crippen molar-refractivity contribution in [1.82, 2.24) is 9.88 Å². The fourth-order valence-electron chi connectivity index (χ4n) is 3.32. The number of hydrogen-bond acceptors (Lipinski definition) is 2. The van der Waals surface area contributed by atoms with E-state index in [2.05, 4.69) is 23.7 Å². The lowest BCUT2D eigenvalue weighted by Gasteiger charge is -2.35. The summed E-state index contributed by atoms with van der Waals surface area (Å²) in [5.74, 6) is 0.0737. The van der Waals surface area contributed by atoms with Crippen molar-refractivity contribution in [3.63, 3.8) is 0 Å². The highest BCUT2D eigenvalue weighted by molar-refractivity contribution is 5.85. The van der Waals surface area contributed by atoms with Crippen molar-refractivity contribution in [1.29, 1.82) is 0 Å². The minimum absolute atomic E-state index is 0.215. The Morgan fingerprint density at radius 2 is 1.95 bits per heavy atom. The molecule has 1 fully saturated rings. The zero-order chi connectivity index (χ0) is 15.0. The van der Waals surface area contributed by atoms with Gasteiger partial charge in [-0.1, -0.05) is 6.07 Å². The van der Waals surface area contributed by atoms with Crippen molar-refractivity contribution >= 4 is 10.8 Å². The summed E-state index contributed by atoms with van der Waals surface area (Å²) in [6.07, 6.45) is 3.98. The third-order valence-electron chi connectivity index (χ3n) is 4.60. The van der Waals surface area contributed by atoms with Crippen molar-refractivity contribution < 1.29 is 4.39 Å². The Hall–Kier alpha value is -1.68. The Bertz CT molecular complexity index is 699. The number of nitrogens with one attached hydrogen (secondary N) is 1. The lowest BCUT2D eigenvalue weighted by molar-refractivity contribution is 0.172.